The third kappa shape index (κ3) is 3.85. The van der Waals surface area contributed by atoms with E-state index in [1.165, 1.54) is 0 Å². The van der Waals surface area contributed by atoms with E-state index in [4.69, 9.17) is 15.7 Å². The summed E-state index contributed by atoms with van der Waals surface area (Å²) in [5.41, 5.74) is 6.37. The van der Waals surface area contributed by atoms with E-state index in [1.807, 2.05) is 6.07 Å². The van der Waals surface area contributed by atoms with E-state index in [0.29, 0.717) is 5.56 Å². The molecule has 0 unspecified atom stereocenters. The van der Waals surface area contributed by atoms with Gasteiger partial charge in [0.25, 0.3) is 0 Å². The molecule has 0 bridgehead atoms. The van der Waals surface area contributed by atoms with Crippen molar-refractivity contribution in [1.29, 1.82) is 0 Å². The Morgan fingerprint density at radius 1 is 1.41 bits per heavy atom. The standard InChI is InChI=1S/C12H18N2O2S/c1-12(2,3)17-10-7-8(16-4)5-6-9(10)11(13)14-15/h5-7,15H,1-4H3,(H2,13,14). The normalized spacial score (nSPS) is 12.6. The molecule has 1 aromatic rings. The lowest BCUT2D eigenvalue weighted by Crippen LogP contribution is -2.16. The molecule has 17 heavy (non-hydrogen) atoms. The molecule has 0 aromatic heterocycles. The Labute approximate surface area is 106 Å². The molecule has 0 aliphatic carbocycles. The second kappa shape index (κ2) is 5.31. The number of hydrogen-bond donors (Lipinski definition) is 2. The molecule has 0 heterocycles. The van der Waals surface area contributed by atoms with E-state index < -0.39 is 0 Å². The molecule has 0 atom stereocenters. The summed E-state index contributed by atoms with van der Waals surface area (Å²) >= 11 is 1.65. The minimum Gasteiger partial charge on any atom is -0.497 e. The molecule has 0 fully saturated rings. The van der Waals surface area contributed by atoms with Gasteiger partial charge in [0.1, 0.15) is 5.75 Å². The maximum absolute atomic E-state index is 8.76. The van der Waals surface area contributed by atoms with Crippen LogP contribution < -0.4 is 10.5 Å². The Morgan fingerprint density at radius 3 is 2.53 bits per heavy atom. The van der Waals surface area contributed by atoms with E-state index >= 15 is 0 Å². The number of methoxy groups -OCH3 is 1. The van der Waals surface area contributed by atoms with Gasteiger partial charge in [0.2, 0.25) is 0 Å². The van der Waals surface area contributed by atoms with Crippen LogP contribution in [-0.4, -0.2) is 22.9 Å². The summed E-state index contributed by atoms with van der Waals surface area (Å²) in [6.07, 6.45) is 0. The zero-order chi connectivity index (χ0) is 13.1. The molecule has 0 spiro atoms. The predicted octanol–water partition coefficient (Wildman–Crippen LogP) is 2.68. The van der Waals surface area contributed by atoms with Crippen LogP contribution in [0.5, 0.6) is 5.75 Å². The van der Waals surface area contributed by atoms with E-state index in [-0.39, 0.29) is 10.6 Å². The largest absolute Gasteiger partial charge is 0.497 e. The highest BCUT2D eigenvalue weighted by Crippen LogP contribution is 2.36. The first-order valence-electron chi connectivity index (χ1n) is 5.22. The maximum atomic E-state index is 8.76. The molecular formula is C12H18N2O2S. The van der Waals surface area contributed by atoms with E-state index in [0.717, 1.165) is 10.6 Å². The number of oxime groups is 1. The van der Waals surface area contributed by atoms with Crippen LogP contribution in [-0.2, 0) is 0 Å². The highest BCUT2D eigenvalue weighted by atomic mass is 32.2. The van der Waals surface area contributed by atoms with Gasteiger partial charge >= 0.3 is 0 Å². The summed E-state index contributed by atoms with van der Waals surface area (Å²) in [5, 5.41) is 11.8. The van der Waals surface area contributed by atoms with Crippen LogP contribution >= 0.6 is 11.8 Å². The van der Waals surface area contributed by atoms with Crippen molar-refractivity contribution in [3.8, 4) is 5.75 Å². The van der Waals surface area contributed by atoms with Gasteiger partial charge < -0.3 is 15.7 Å². The Balaban J connectivity index is 3.21. The van der Waals surface area contributed by atoms with Gasteiger partial charge in [-0.2, -0.15) is 0 Å². The molecular weight excluding hydrogens is 236 g/mol. The van der Waals surface area contributed by atoms with Gasteiger partial charge in [-0.1, -0.05) is 25.9 Å². The number of benzene rings is 1. The lowest BCUT2D eigenvalue weighted by Gasteiger charge is -2.20. The summed E-state index contributed by atoms with van der Waals surface area (Å²) < 4.78 is 5.22. The molecule has 1 rings (SSSR count). The van der Waals surface area contributed by atoms with E-state index in [9.17, 15) is 0 Å². The third-order valence-electron chi connectivity index (χ3n) is 1.99. The molecule has 94 valence electrons. The molecule has 4 nitrogen and oxygen atoms in total. The summed E-state index contributed by atoms with van der Waals surface area (Å²) in [4.78, 5) is 0.937. The SMILES string of the molecule is COc1ccc(/C(N)=N/O)c(SC(C)(C)C)c1. The average molecular weight is 254 g/mol. The number of nitrogens with zero attached hydrogens (tertiary/aromatic N) is 1. The summed E-state index contributed by atoms with van der Waals surface area (Å²) in [7, 11) is 1.62. The van der Waals surface area contributed by atoms with Crippen LogP contribution in [0.2, 0.25) is 0 Å². The molecule has 0 aliphatic heterocycles. The number of rotatable bonds is 3. The fraction of sp³-hybridized carbons (Fsp3) is 0.417. The van der Waals surface area contributed by atoms with Gasteiger partial charge in [-0.15, -0.1) is 11.8 Å². The van der Waals surface area contributed by atoms with Crippen molar-refractivity contribution in [1.82, 2.24) is 0 Å². The number of amidine groups is 1. The van der Waals surface area contributed by atoms with Gasteiger partial charge in [-0.25, -0.2) is 0 Å². The zero-order valence-electron chi connectivity index (χ0n) is 10.5. The van der Waals surface area contributed by atoms with Crippen LogP contribution in [0.3, 0.4) is 0 Å². The van der Waals surface area contributed by atoms with Gasteiger partial charge in [0.05, 0.1) is 7.11 Å². The van der Waals surface area contributed by atoms with Gasteiger partial charge in [-0.05, 0) is 18.2 Å². The van der Waals surface area contributed by atoms with Crippen LogP contribution in [0.25, 0.3) is 0 Å². The molecule has 0 radical (unpaired) electrons. The van der Waals surface area contributed by atoms with Crippen molar-refractivity contribution >= 4 is 17.6 Å². The van der Waals surface area contributed by atoms with Gasteiger partial charge in [0, 0.05) is 15.2 Å². The Kier molecular flexibility index (Phi) is 4.28. The fourth-order valence-corrected chi connectivity index (χ4v) is 2.43. The molecule has 5 heteroatoms. The number of nitrogens with two attached hydrogens (primary N) is 1. The minimum absolute atomic E-state index is 0.0385. The first-order valence-corrected chi connectivity index (χ1v) is 6.04. The Morgan fingerprint density at radius 2 is 2.06 bits per heavy atom. The van der Waals surface area contributed by atoms with Crippen molar-refractivity contribution in [2.45, 2.75) is 30.4 Å². The van der Waals surface area contributed by atoms with E-state index in [2.05, 4.69) is 25.9 Å². The second-order valence-electron chi connectivity index (χ2n) is 4.56. The van der Waals surface area contributed by atoms with Crippen LogP contribution in [0.15, 0.2) is 28.3 Å². The van der Waals surface area contributed by atoms with Crippen LogP contribution in [0.1, 0.15) is 26.3 Å². The summed E-state index contributed by atoms with van der Waals surface area (Å²) in [5.74, 6) is 0.866. The van der Waals surface area contributed by atoms with Crippen LogP contribution in [0.4, 0.5) is 0 Å². The molecule has 0 aliphatic rings. The quantitative estimate of drug-likeness (QED) is 0.286. The minimum atomic E-state index is 0.0385. The van der Waals surface area contributed by atoms with Crippen molar-refractivity contribution < 1.29 is 9.94 Å². The van der Waals surface area contributed by atoms with Gasteiger partial charge in [0.15, 0.2) is 5.84 Å². The highest BCUT2D eigenvalue weighted by Gasteiger charge is 2.17. The molecule has 0 saturated carbocycles. The monoisotopic (exact) mass is 254 g/mol. The fourth-order valence-electron chi connectivity index (χ4n) is 1.31. The number of thioether (sulfide) groups is 1. The lowest BCUT2D eigenvalue weighted by atomic mass is 10.2. The predicted molar refractivity (Wildman–Crippen MR) is 71.1 cm³/mol. The van der Waals surface area contributed by atoms with Crippen LogP contribution in [0, 0.1) is 0 Å². The Hall–Kier alpha value is -1.36. The summed E-state index contributed by atoms with van der Waals surface area (Å²) in [6, 6.07) is 5.48. The van der Waals surface area contributed by atoms with E-state index in [1.54, 1.807) is 31.0 Å². The molecule has 3 N–H and O–H groups in total. The first kappa shape index (κ1) is 13.7. The highest BCUT2D eigenvalue weighted by molar-refractivity contribution is 8.00. The van der Waals surface area contributed by atoms with Crippen molar-refractivity contribution in [2.24, 2.45) is 10.9 Å². The zero-order valence-corrected chi connectivity index (χ0v) is 11.3. The maximum Gasteiger partial charge on any atom is 0.171 e. The van der Waals surface area contributed by atoms with Gasteiger partial charge in [-0.3, -0.25) is 0 Å². The number of ether oxygens (including phenoxy) is 1. The molecule has 0 amide bonds. The third-order valence-corrected chi connectivity index (χ3v) is 3.16. The van der Waals surface area contributed by atoms with Crippen molar-refractivity contribution in [3.05, 3.63) is 23.8 Å². The molecule has 0 saturated heterocycles. The van der Waals surface area contributed by atoms with Crippen molar-refractivity contribution in [3.63, 3.8) is 0 Å². The summed E-state index contributed by atoms with van der Waals surface area (Å²) in [6.45, 7) is 6.31. The topological polar surface area (TPSA) is 67.8 Å². The molecule has 1 aromatic carbocycles. The second-order valence-corrected chi connectivity index (χ2v) is 6.43. The Bertz CT molecular complexity index is 425. The number of hydrogen-bond acceptors (Lipinski definition) is 4. The van der Waals surface area contributed by atoms with Crippen molar-refractivity contribution in [2.75, 3.05) is 7.11 Å². The smallest absolute Gasteiger partial charge is 0.171 e. The first-order chi connectivity index (χ1) is 7.87. The lowest BCUT2D eigenvalue weighted by molar-refractivity contribution is 0.318. The average Bonchev–Trinajstić information content (AvgIpc) is 2.25.